The van der Waals surface area contributed by atoms with E-state index in [1.165, 1.54) is 23.0 Å². The summed E-state index contributed by atoms with van der Waals surface area (Å²) in [5, 5.41) is 13.7. The number of rotatable bonds is 0. The van der Waals surface area contributed by atoms with Crippen molar-refractivity contribution < 1.29 is 14.7 Å². The molecule has 0 amide bonds. The number of phenolic OH excluding ortho intramolecular Hbond substituents is 1. The van der Waals surface area contributed by atoms with Gasteiger partial charge in [-0.2, -0.15) is 5.10 Å². The normalized spacial score (nSPS) is 13.4. The zero-order chi connectivity index (χ0) is 13.0. The maximum absolute atomic E-state index is 12.3. The minimum atomic E-state index is -0.440. The molecular formula is C12H9N3O3. The van der Waals surface area contributed by atoms with Crippen molar-refractivity contribution in [3.63, 3.8) is 0 Å². The van der Waals surface area contributed by atoms with Crippen LogP contribution in [0.1, 0.15) is 32.0 Å². The molecule has 0 saturated carbocycles. The van der Waals surface area contributed by atoms with Gasteiger partial charge in [0.25, 0.3) is 0 Å². The molecule has 0 bridgehead atoms. The number of hydrogen-bond donors (Lipinski definition) is 2. The number of phenols is 1. The summed E-state index contributed by atoms with van der Waals surface area (Å²) in [6.07, 6.45) is 1.34. The minimum Gasteiger partial charge on any atom is -0.507 e. The first-order chi connectivity index (χ1) is 8.52. The highest BCUT2D eigenvalue weighted by molar-refractivity contribution is 6.30. The van der Waals surface area contributed by atoms with Gasteiger partial charge >= 0.3 is 0 Å². The summed E-state index contributed by atoms with van der Waals surface area (Å²) in [5.41, 5.74) is 6.29. The first-order valence-electron chi connectivity index (χ1n) is 5.25. The van der Waals surface area contributed by atoms with Crippen molar-refractivity contribution in [2.75, 3.05) is 5.73 Å². The fourth-order valence-electron chi connectivity index (χ4n) is 2.21. The fraction of sp³-hybridized carbons (Fsp3) is 0.0833. The largest absolute Gasteiger partial charge is 0.507 e. The molecule has 1 aromatic carbocycles. The molecule has 90 valence electrons. The van der Waals surface area contributed by atoms with Crippen molar-refractivity contribution in [3.8, 4) is 5.75 Å². The molecule has 0 radical (unpaired) electrons. The van der Waals surface area contributed by atoms with Gasteiger partial charge < -0.3 is 10.8 Å². The van der Waals surface area contributed by atoms with E-state index >= 15 is 0 Å². The molecule has 1 aliphatic rings. The third-order valence-corrected chi connectivity index (χ3v) is 3.07. The van der Waals surface area contributed by atoms with E-state index in [1.54, 1.807) is 7.05 Å². The van der Waals surface area contributed by atoms with Gasteiger partial charge in [0.1, 0.15) is 11.4 Å². The molecule has 18 heavy (non-hydrogen) atoms. The molecule has 0 fully saturated rings. The summed E-state index contributed by atoms with van der Waals surface area (Å²) in [5.74, 6) is -1.07. The minimum absolute atomic E-state index is 0.0453. The first kappa shape index (κ1) is 10.5. The number of hydrogen-bond acceptors (Lipinski definition) is 5. The molecule has 6 nitrogen and oxygen atoms in total. The van der Waals surface area contributed by atoms with Crippen LogP contribution >= 0.6 is 0 Å². The number of ketones is 2. The van der Waals surface area contributed by atoms with Gasteiger partial charge in [-0.25, -0.2) is 0 Å². The van der Waals surface area contributed by atoms with Gasteiger partial charge in [-0.15, -0.1) is 0 Å². The summed E-state index contributed by atoms with van der Waals surface area (Å²) >= 11 is 0. The van der Waals surface area contributed by atoms with Crippen LogP contribution in [-0.4, -0.2) is 26.5 Å². The lowest BCUT2D eigenvalue weighted by Crippen LogP contribution is -2.23. The van der Waals surface area contributed by atoms with Gasteiger partial charge in [-0.3, -0.25) is 14.3 Å². The zero-order valence-corrected chi connectivity index (χ0v) is 9.47. The van der Waals surface area contributed by atoms with E-state index in [1.807, 2.05) is 0 Å². The predicted molar refractivity (Wildman–Crippen MR) is 62.6 cm³/mol. The number of nitrogen functional groups attached to an aromatic ring is 1. The number of aromatic nitrogens is 2. The fourth-order valence-corrected chi connectivity index (χ4v) is 2.21. The van der Waals surface area contributed by atoms with Gasteiger partial charge in [-0.1, -0.05) is 0 Å². The van der Waals surface area contributed by atoms with E-state index in [4.69, 9.17) is 5.73 Å². The molecular weight excluding hydrogens is 234 g/mol. The van der Waals surface area contributed by atoms with Crippen LogP contribution in [0.3, 0.4) is 0 Å². The van der Waals surface area contributed by atoms with E-state index in [0.29, 0.717) is 0 Å². The molecule has 0 atom stereocenters. The van der Waals surface area contributed by atoms with Crippen LogP contribution in [0, 0.1) is 0 Å². The van der Waals surface area contributed by atoms with E-state index in [0.717, 1.165) is 0 Å². The smallest absolute Gasteiger partial charge is 0.216 e. The third-order valence-electron chi connectivity index (χ3n) is 3.07. The second-order valence-electron chi connectivity index (χ2n) is 4.11. The first-order valence-corrected chi connectivity index (χ1v) is 5.25. The summed E-state index contributed by atoms with van der Waals surface area (Å²) in [7, 11) is 1.57. The van der Waals surface area contributed by atoms with Crippen LogP contribution < -0.4 is 5.73 Å². The molecule has 3 N–H and O–H groups in total. The summed E-state index contributed by atoms with van der Waals surface area (Å²) in [4.78, 5) is 24.5. The predicted octanol–water partition coefficient (Wildman–Crippen LogP) is 0.483. The Kier molecular flexibility index (Phi) is 1.87. The van der Waals surface area contributed by atoms with Gasteiger partial charge in [0.2, 0.25) is 5.78 Å². The molecule has 2 aromatic rings. The molecule has 1 aliphatic carbocycles. The molecule has 0 spiro atoms. The van der Waals surface area contributed by atoms with E-state index in [2.05, 4.69) is 5.10 Å². The maximum Gasteiger partial charge on any atom is 0.216 e. The zero-order valence-electron chi connectivity index (χ0n) is 9.47. The van der Waals surface area contributed by atoms with Gasteiger partial charge in [0, 0.05) is 12.7 Å². The highest BCUT2D eigenvalue weighted by Gasteiger charge is 2.36. The molecule has 3 rings (SSSR count). The highest BCUT2D eigenvalue weighted by Crippen LogP contribution is 2.35. The Bertz CT molecular complexity index is 716. The van der Waals surface area contributed by atoms with Crippen LogP contribution in [0.15, 0.2) is 18.3 Å². The van der Waals surface area contributed by atoms with Gasteiger partial charge in [0.15, 0.2) is 5.78 Å². The molecule has 0 saturated heterocycles. The lowest BCUT2D eigenvalue weighted by atomic mass is 9.86. The third kappa shape index (κ3) is 1.09. The Labute approximate surface area is 102 Å². The van der Waals surface area contributed by atoms with Gasteiger partial charge in [0.05, 0.1) is 22.9 Å². The summed E-state index contributed by atoms with van der Waals surface area (Å²) in [6.45, 7) is 0. The number of carbonyl (C=O) groups excluding carboxylic acids is 2. The Morgan fingerprint density at radius 3 is 2.67 bits per heavy atom. The summed E-state index contributed by atoms with van der Waals surface area (Å²) < 4.78 is 1.32. The van der Waals surface area contributed by atoms with Crippen LogP contribution in [0.25, 0.3) is 0 Å². The molecule has 1 heterocycles. The van der Waals surface area contributed by atoms with Crippen molar-refractivity contribution in [3.05, 3.63) is 40.7 Å². The molecule has 0 aliphatic heterocycles. The molecule has 0 unspecified atom stereocenters. The number of nitrogens with zero attached hydrogens (tertiary/aromatic N) is 2. The second kappa shape index (κ2) is 3.19. The number of fused-ring (bicyclic) bond motifs is 2. The van der Waals surface area contributed by atoms with Crippen LogP contribution in [-0.2, 0) is 7.05 Å². The monoisotopic (exact) mass is 243 g/mol. The lowest BCUT2D eigenvalue weighted by molar-refractivity contribution is 0.0972. The van der Waals surface area contributed by atoms with E-state index in [9.17, 15) is 14.7 Å². The van der Waals surface area contributed by atoms with Crippen LogP contribution in [0.2, 0.25) is 0 Å². The van der Waals surface area contributed by atoms with Gasteiger partial charge in [-0.05, 0) is 12.1 Å². The highest BCUT2D eigenvalue weighted by atomic mass is 16.3. The van der Waals surface area contributed by atoms with Crippen molar-refractivity contribution in [2.24, 2.45) is 7.05 Å². The number of nitrogens with two attached hydrogens (primary N) is 1. The maximum atomic E-state index is 12.3. The summed E-state index contributed by atoms with van der Waals surface area (Å²) in [6, 6.07) is 2.71. The average molecular weight is 243 g/mol. The van der Waals surface area contributed by atoms with Crippen LogP contribution in [0.4, 0.5) is 5.69 Å². The topological polar surface area (TPSA) is 98.2 Å². The number of benzene rings is 1. The van der Waals surface area contributed by atoms with E-state index < -0.39 is 5.78 Å². The Morgan fingerprint density at radius 2 is 1.94 bits per heavy atom. The average Bonchev–Trinajstić information content (AvgIpc) is 2.72. The Hall–Kier alpha value is -2.63. The number of aryl methyl sites for hydroxylation is 1. The van der Waals surface area contributed by atoms with E-state index in [-0.39, 0.29) is 39.6 Å². The van der Waals surface area contributed by atoms with Crippen molar-refractivity contribution >= 4 is 17.3 Å². The van der Waals surface area contributed by atoms with Crippen molar-refractivity contribution in [1.82, 2.24) is 9.78 Å². The van der Waals surface area contributed by atoms with Crippen LogP contribution in [0.5, 0.6) is 5.75 Å². The number of anilines is 1. The molecule has 1 aromatic heterocycles. The number of aromatic hydroxyl groups is 1. The van der Waals surface area contributed by atoms with Crippen molar-refractivity contribution in [2.45, 2.75) is 0 Å². The molecule has 6 heteroatoms. The van der Waals surface area contributed by atoms with Crippen molar-refractivity contribution in [1.29, 1.82) is 0 Å². The Balaban J connectivity index is 2.42. The Morgan fingerprint density at radius 1 is 1.22 bits per heavy atom. The number of carbonyl (C=O) groups is 2. The standard InChI is InChI=1S/C12H9N3O3/c1-15-10-5(4-14-15)11(17)8-6(13)2-3-7(16)9(8)12(10)18/h2-4,16H,13H2,1H3. The SMILES string of the molecule is Cn1ncc2c1C(=O)c1c(O)ccc(N)c1C2=O. The second-order valence-corrected chi connectivity index (χ2v) is 4.11. The quantitative estimate of drug-likeness (QED) is 0.442. The lowest BCUT2D eigenvalue weighted by Gasteiger charge is -2.17.